The minimum Gasteiger partial charge on any atom is -0.482 e. The SMILES string of the molecule is CCC(C)NC(=O)CN1C(=O)COc2cc(CO)ccc21. The van der Waals surface area contributed by atoms with Crippen LogP contribution in [0.15, 0.2) is 18.2 Å². The van der Waals surface area contributed by atoms with E-state index in [0.717, 1.165) is 6.42 Å². The summed E-state index contributed by atoms with van der Waals surface area (Å²) in [6, 6.07) is 5.15. The lowest BCUT2D eigenvalue weighted by Crippen LogP contribution is -2.46. The summed E-state index contributed by atoms with van der Waals surface area (Å²) in [5, 5.41) is 12.0. The Morgan fingerprint density at radius 3 is 2.95 bits per heavy atom. The lowest BCUT2D eigenvalue weighted by Gasteiger charge is -2.29. The summed E-state index contributed by atoms with van der Waals surface area (Å²) >= 11 is 0. The summed E-state index contributed by atoms with van der Waals surface area (Å²) in [5.74, 6) is 0.0628. The largest absolute Gasteiger partial charge is 0.482 e. The number of amides is 2. The molecule has 0 radical (unpaired) electrons. The van der Waals surface area contributed by atoms with Gasteiger partial charge in [-0.05, 0) is 31.0 Å². The number of hydrogen-bond donors (Lipinski definition) is 2. The fourth-order valence-electron chi connectivity index (χ4n) is 2.09. The van der Waals surface area contributed by atoms with E-state index in [2.05, 4.69) is 5.32 Å². The third-order valence-electron chi connectivity index (χ3n) is 3.47. The zero-order chi connectivity index (χ0) is 15.4. The van der Waals surface area contributed by atoms with Gasteiger partial charge in [-0.1, -0.05) is 13.0 Å². The molecular weight excluding hydrogens is 272 g/mol. The van der Waals surface area contributed by atoms with E-state index in [1.807, 2.05) is 13.8 Å². The molecule has 21 heavy (non-hydrogen) atoms. The lowest BCUT2D eigenvalue weighted by atomic mass is 10.1. The van der Waals surface area contributed by atoms with Crippen molar-refractivity contribution in [3.8, 4) is 5.75 Å². The number of ether oxygens (including phenoxy) is 1. The van der Waals surface area contributed by atoms with Crippen molar-refractivity contribution in [2.24, 2.45) is 0 Å². The monoisotopic (exact) mass is 292 g/mol. The molecule has 2 rings (SSSR count). The van der Waals surface area contributed by atoms with Gasteiger partial charge in [-0.15, -0.1) is 0 Å². The van der Waals surface area contributed by atoms with Gasteiger partial charge in [0.1, 0.15) is 12.3 Å². The molecule has 6 heteroatoms. The smallest absolute Gasteiger partial charge is 0.265 e. The first-order valence-electron chi connectivity index (χ1n) is 7.01. The second-order valence-corrected chi connectivity index (χ2v) is 5.11. The van der Waals surface area contributed by atoms with Gasteiger partial charge < -0.3 is 15.2 Å². The van der Waals surface area contributed by atoms with Crippen LogP contribution < -0.4 is 15.0 Å². The summed E-state index contributed by atoms with van der Waals surface area (Å²) in [6.07, 6.45) is 0.833. The van der Waals surface area contributed by atoms with Crippen molar-refractivity contribution in [3.05, 3.63) is 23.8 Å². The second kappa shape index (κ2) is 6.58. The third-order valence-corrected chi connectivity index (χ3v) is 3.47. The van der Waals surface area contributed by atoms with Crippen LogP contribution >= 0.6 is 0 Å². The molecule has 0 spiro atoms. The molecule has 0 aromatic heterocycles. The topological polar surface area (TPSA) is 78.9 Å². The Morgan fingerprint density at radius 2 is 2.29 bits per heavy atom. The molecule has 1 atom stereocenters. The molecule has 0 bridgehead atoms. The van der Waals surface area contributed by atoms with Crippen LogP contribution in [-0.2, 0) is 16.2 Å². The summed E-state index contributed by atoms with van der Waals surface area (Å²) in [7, 11) is 0. The number of nitrogens with one attached hydrogen (secondary N) is 1. The van der Waals surface area contributed by atoms with Crippen LogP contribution in [0.2, 0.25) is 0 Å². The summed E-state index contributed by atoms with van der Waals surface area (Å²) < 4.78 is 5.36. The van der Waals surface area contributed by atoms with E-state index in [1.54, 1.807) is 18.2 Å². The Morgan fingerprint density at radius 1 is 1.52 bits per heavy atom. The summed E-state index contributed by atoms with van der Waals surface area (Å²) in [4.78, 5) is 25.4. The molecule has 2 amide bonds. The van der Waals surface area contributed by atoms with Gasteiger partial charge in [0, 0.05) is 6.04 Å². The van der Waals surface area contributed by atoms with E-state index >= 15 is 0 Å². The first-order chi connectivity index (χ1) is 10.0. The Kier molecular flexibility index (Phi) is 4.80. The van der Waals surface area contributed by atoms with E-state index in [-0.39, 0.29) is 37.6 Å². The average molecular weight is 292 g/mol. The van der Waals surface area contributed by atoms with Crippen LogP contribution in [0.1, 0.15) is 25.8 Å². The van der Waals surface area contributed by atoms with Crippen LogP contribution in [0.5, 0.6) is 5.75 Å². The molecule has 0 saturated carbocycles. The minimum atomic E-state index is -0.251. The molecule has 1 aromatic carbocycles. The molecule has 0 aliphatic carbocycles. The third kappa shape index (κ3) is 3.52. The number of rotatable bonds is 5. The predicted molar refractivity (Wildman–Crippen MR) is 78.1 cm³/mol. The van der Waals surface area contributed by atoms with E-state index in [0.29, 0.717) is 17.0 Å². The Hall–Kier alpha value is -2.08. The second-order valence-electron chi connectivity index (χ2n) is 5.11. The lowest BCUT2D eigenvalue weighted by molar-refractivity contribution is -0.125. The van der Waals surface area contributed by atoms with Gasteiger partial charge in [-0.25, -0.2) is 0 Å². The van der Waals surface area contributed by atoms with Gasteiger partial charge in [-0.3, -0.25) is 14.5 Å². The van der Waals surface area contributed by atoms with Crippen molar-refractivity contribution in [2.75, 3.05) is 18.1 Å². The zero-order valence-electron chi connectivity index (χ0n) is 12.3. The normalized spacial score (nSPS) is 15.2. The van der Waals surface area contributed by atoms with E-state index in [4.69, 9.17) is 9.84 Å². The van der Waals surface area contributed by atoms with E-state index in [1.165, 1.54) is 4.90 Å². The van der Waals surface area contributed by atoms with Gasteiger partial charge in [0.05, 0.1) is 12.3 Å². The Balaban J connectivity index is 2.16. The maximum absolute atomic E-state index is 12.0. The van der Waals surface area contributed by atoms with Gasteiger partial charge in [-0.2, -0.15) is 0 Å². The van der Waals surface area contributed by atoms with Crippen molar-refractivity contribution in [3.63, 3.8) is 0 Å². The molecule has 6 nitrogen and oxygen atoms in total. The highest BCUT2D eigenvalue weighted by atomic mass is 16.5. The number of benzene rings is 1. The van der Waals surface area contributed by atoms with E-state index < -0.39 is 0 Å². The number of nitrogens with zero attached hydrogens (tertiary/aromatic N) is 1. The van der Waals surface area contributed by atoms with Crippen molar-refractivity contribution < 1.29 is 19.4 Å². The number of aliphatic hydroxyl groups excluding tert-OH is 1. The number of anilines is 1. The molecule has 114 valence electrons. The van der Waals surface area contributed by atoms with Crippen molar-refractivity contribution >= 4 is 17.5 Å². The Labute approximate surface area is 123 Å². The molecule has 1 unspecified atom stereocenters. The van der Waals surface area contributed by atoms with Gasteiger partial charge >= 0.3 is 0 Å². The zero-order valence-corrected chi connectivity index (χ0v) is 12.3. The van der Waals surface area contributed by atoms with Gasteiger partial charge in [0.15, 0.2) is 6.61 Å². The van der Waals surface area contributed by atoms with E-state index in [9.17, 15) is 9.59 Å². The Bertz CT molecular complexity index is 544. The predicted octanol–water partition coefficient (Wildman–Crippen LogP) is 0.819. The number of fused-ring (bicyclic) bond motifs is 1. The highest BCUT2D eigenvalue weighted by molar-refractivity contribution is 6.02. The summed E-state index contributed by atoms with van der Waals surface area (Å²) in [5.41, 5.74) is 1.26. The quantitative estimate of drug-likeness (QED) is 0.842. The first kappa shape index (κ1) is 15.3. The van der Waals surface area contributed by atoms with Gasteiger partial charge in [0.2, 0.25) is 5.91 Å². The first-order valence-corrected chi connectivity index (χ1v) is 7.01. The molecule has 1 aliphatic heterocycles. The molecule has 0 saturated heterocycles. The summed E-state index contributed by atoms with van der Waals surface area (Å²) in [6.45, 7) is 3.67. The van der Waals surface area contributed by atoms with Gasteiger partial charge in [0.25, 0.3) is 5.91 Å². The van der Waals surface area contributed by atoms with Crippen LogP contribution in [-0.4, -0.2) is 36.1 Å². The number of carbonyl (C=O) groups excluding carboxylic acids is 2. The van der Waals surface area contributed by atoms with Crippen molar-refractivity contribution in [2.45, 2.75) is 32.9 Å². The highest BCUT2D eigenvalue weighted by Crippen LogP contribution is 2.32. The van der Waals surface area contributed by atoms with Crippen LogP contribution in [0, 0.1) is 0 Å². The van der Waals surface area contributed by atoms with Crippen molar-refractivity contribution in [1.82, 2.24) is 5.32 Å². The number of aliphatic hydroxyl groups is 1. The molecule has 0 fully saturated rings. The average Bonchev–Trinajstić information content (AvgIpc) is 2.49. The maximum Gasteiger partial charge on any atom is 0.265 e. The van der Waals surface area contributed by atoms with Crippen LogP contribution in [0.3, 0.4) is 0 Å². The van der Waals surface area contributed by atoms with Crippen molar-refractivity contribution in [1.29, 1.82) is 0 Å². The molecule has 1 aromatic rings. The van der Waals surface area contributed by atoms with Crippen LogP contribution in [0.25, 0.3) is 0 Å². The standard InChI is InChI=1S/C15H20N2O4/c1-3-10(2)16-14(19)7-17-12-5-4-11(8-18)6-13(12)21-9-15(17)20/h4-6,10,18H,3,7-9H2,1-2H3,(H,16,19). The number of carbonyl (C=O) groups is 2. The van der Waals surface area contributed by atoms with Crippen LogP contribution in [0.4, 0.5) is 5.69 Å². The highest BCUT2D eigenvalue weighted by Gasteiger charge is 2.27. The molecule has 1 heterocycles. The molecular formula is C15H20N2O4. The number of hydrogen-bond acceptors (Lipinski definition) is 4. The molecule has 1 aliphatic rings. The minimum absolute atomic E-state index is 0.0298. The fourth-order valence-corrected chi connectivity index (χ4v) is 2.09. The maximum atomic E-state index is 12.0. The molecule has 2 N–H and O–H groups in total. The fraction of sp³-hybridized carbons (Fsp3) is 0.467.